The van der Waals surface area contributed by atoms with Crippen molar-refractivity contribution in [3.8, 4) is 0 Å². The summed E-state index contributed by atoms with van der Waals surface area (Å²) in [4.78, 5) is 13.4. The number of nitrogens with two attached hydrogens (primary N) is 1. The van der Waals surface area contributed by atoms with Gasteiger partial charge in [-0.15, -0.1) is 0 Å². The summed E-state index contributed by atoms with van der Waals surface area (Å²) < 4.78 is 0. The van der Waals surface area contributed by atoms with Gasteiger partial charge in [0, 0.05) is 20.0 Å². The Labute approximate surface area is 87.6 Å². The van der Waals surface area contributed by atoms with Crippen molar-refractivity contribution in [1.29, 1.82) is 0 Å². The van der Waals surface area contributed by atoms with Crippen LogP contribution in [-0.2, 0) is 4.79 Å². The van der Waals surface area contributed by atoms with Gasteiger partial charge in [0.2, 0.25) is 5.91 Å². The van der Waals surface area contributed by atoms with Crippen molar-refractivity contribution in [2.75, 3.05) is 20.1 Å². The normalized spacial score (nSPS) is 11.5. The lowest BCUT2D eigenvalue weighted by Crippen LogP contribution is -2.39. The summed E-state index contributed by atoms with van der Waals surface area (Å²) in [6.07, 6.45) is 2.71. The largest absolute Gasteiger partial charge is 0.345 e. The maximum Gasteiger partial charge on any atom is 0.222 e. The molecule has 0 unspecified atom stereocenters. The minimum absolute atomic E-state index is 0.0244. The van der Waals surface area contributed by atoms with Crippen LogP contribution in [0.25, 0.3) is 0 Å². The lowest BCUT2D eigenvalue weighted by Gasteiger charge is -2.29. The van der Waals surface area contributed by atoms with E-state index in [1.54, 1.807) is 4.90 Å². The number of carbonyl (C=O) groups is 1. The Morgan fingerprint density at radius 2 is 2.00 bits per heavy atom. The van der Waals surface area contributed by atoms with Crippen molar-refractivity contribution in [2.24, 2.45) is 11.1 Å². The third kappa shape index (κ3) is 5.22. The average Bonchev–Trinajstić information content (AvgIpc) is 2.13. The average molecular weight is 200 g/mol. The molecule has 0 aromatic heterocycles. The zero-order chi connectivity index (χ0) is 11.2. The second-order valence-corrected chi connectivity index (χ2v) is 4.72. The Hall–Kier alpha value is -0.570. The molecule has 0 aromatic carbocycles. The van der Waals surface area contributed by atoms with Crippen molar-refractivity contribution in [1.82, 2.24) is 4.90 Å². The molecule has 0 saturated carbocycles. The smallest absolute Gasteiger partial charge is 0.222 e. The van der Waals surface area contributed by atoms with E-state index in [9.17, 15) is 4.79 Å². The summed E-state index contributed by atoms with van der Waals surface area (Å²) in [6, 6.07) is 0. The van der Waals surface area contributed by atoms with E-state index in [0.717, 1.165) is 19.4 Å². The van der Waals surface area contributed by atoms with E-state index < -0.39 is 0 Å². The predicted molar refractivity (Wildman–Crippen MR) is 60.0 cm³/mol. The lowest BCUT2D eigenvalue weighted by molar-refractivity contribution is -0.131. The van der Waals surface area contributed by atoms with Gasteiger partial charge in [0.1, 0.15) is 0 Å². The molecule has 84 valence electrons. The number of hydrogen-bond donors (Lipinski definition) is 1. The minimum atomic E-state index is 0.0244. The summed E-state index contributed by atoms with van der Waals surface area (Å²) in [5.41, 5.74) is 5.64. The Kier molecular flexibility index (Phi) is 5.77. The molecule has 0 atom stereocenters. The van der Waals surface area contributed by atoms with Crippen LogP contribution < -0.4 is 5.73 Å². The fraction of sp³-hybridized carbons (Fsp3) is 0.909. The molecule has 0 heterocycles. The van der Waals surface area contributed by atoms with Crippen LogP contribution in [0.4, 0.5) is 0 Å². The van der Waals surface area contributed by atoms with Crippen molar-refractivity contribution in [3.05, 3.63) is 0 Å². The third-order valence-electron chi connectivity index (χ3n) is 2.39. The van der Waals surface area contributed by atoms with E-state index in [4.69, 9.17) is 5.73 Å². The first-order valence-electron chi connectivity index (χ1n) is 5.37. The molecule has 3 heteroatoms. The number of hydrogen-bond acceptors (Lipinski definition) is 2. The number of rotatable bonds is 6. The van der Waals surface area contributed by atoms with Gasteiger partial charge in [0.25, 0.3) is 0 Å². The molecule has 0 aliphatic heterocycles. The molecule has 1 amide bonds. The minimum Gasteiger partial charge on any atom is -0.345 e. The molecule has 14 heavy (non-hydrogen) atoms. The molecule has 0 fully saturated rings. The maximum absolute atomic E-state index is 11.6. The van der Waals surface area contributed by atoms with Gasteiger partial charge in [0.05, 0.1) is 0 Å². The van der Waals surface area contributed by atoms with Crippen molar-refractivity contribution in [2.45, 2.75) is 40.0 Å². The van der Waals surface area contributed by atoms with Crippen LogP contribution in [0.5, 0.6) is 0 Å². The molecular formula is C11H24N2O. The van der Waals surface area contributed by atoms with Gasteiger partial charge in [-0.3, -0.25) is 4.79 Å². The van der Waals surface area contributed by atoms with Crippen LogP contribution in [0, 0.1) is 5.41 Å². The zero-order valence-electron chi connectivity index (χ0n) is 9.97. The molecule has 0 radical (unpaired) electrons. The van der Waals surface area contributed by atoms with Gasteiger partial charge in [-0.05, 0) is 18.4 Å². The first-order valence-corrected chi connectivity index (χ1v) is 5.37. The van der Waals surface area contributed by atoms with Gasteiger partial charge < -0.3 is 10.6 Å². The standard InChI is InChI=1S/C11H24N2O/c1-5-6-7-10(14)13(4)9-11(2,3)8-12/h5-9,12H2,1-4H3. The van der Waals surface area contributed by atoms with Crippen molar-refractivity contribution in [3.63, 3.8) is 0 Å². The molecule has 0 bridgehead atoms. The van der Waals surface area contributed by atoms with Gasteiger partial charge in [-0.1, -0.05) is 27.2 Å². The van der Waals surface area contributed by atoms with Crippen LogP contribution in [0.15, 0.2) is 0 Å². The number of unbranched alkanes of at least 4 members (excludes halogenated alkanes) is 1. The molecule has 2 N–H and O–H groups in total. The van der Waals surface area contributed by atoms with E-state index in [2.05, 4.69) is 20.8 Å². The summed E-state index contributed by atoms with van der Waals surface area (Å²) in [5.74, 6) is 0.230. The summed E-state index contributed by atoms with van der Waals surface area (Å²) in [6.45, 7) is 7.61. The fourth-order valence-corrected chi connectivity index (χ4v) is 1.31. The zero-order valence-corrected chi connectivity index (χ0v) is 9.97. The molecule has 0 rings (SSSR count). The molecule has 0 aliphatic carbocycles. The SMILES string of the molecule is CCCCC(=O)N(C)CC(C)(C)CN. The predicted octanol–water partition coefficient (Wildman–Crippen LogP) is 1.62. The van der Waals surface area contributed by atoms with Gasteiger partial charge in [0.15, 0.2) is 0 Å². The Morgan fingerprint density at radius 1 is 1.43 bits per heavy atom. The highest BCUT2D eigenvalue weighted by molar-refractivity contribution is 5.75. The summed E-state index contributed by atoms with van der Waals surface area (Å²) >= 11 is 0. The van der Waals surface area contributed by atoms with E-state index in [0.29, 0.717) is 13.0 Å². The third-order valence-corrected chi connectivity index (χ3v) is 2.39. The quantitative estimate of drug-likeness (QED) is 0.708. The molecule has 3 nitrogen and oxygen atoms in total. The van der Waals surface area contributed by atoms with Gasteiger partial charge >= 0.3 is 0 Å². The topological polar surface area (TPSA) is 46.3 Å². The van der Waals surface area contributed by atoms with E-state index >= 15 is 0 Å². The molecule has 0 aromatic rings. The Balaban J connectivity index is 3.94. The van der Waals surface area contributed by atoms with E-state index in [1.165, 1.54) is 0 Å². The second kappa shape index (κ2) is 6.02. The molecule has 0 saturated heterocycles. The number of amides is 1. The monoisotopic (exact) mass is 200 g/mol. The highest BCUT2D eigenvalue weighted by Crippen LogP contribution is 2.14. The number of nitrogens with zero attached hydrogens (tertiary/aromatic N) is 1. The van der Waals surface area contributed by atoms with Crippen LogP contribution in [0.2, 0.25) is 0 Å². The van der Waals surface area contributed by atoms with Crippen LogP contribution in [0.1, 0.15) is 40.0 Å². The van der Waals surface area contributed by atoms with Crippen LogP contribution in [-0.4, -0.2) is 30.9 Å². The first-order chi connectivity index (χ1) is 6.43. The van der Waals surface area contributed by atoms with Crippen LogP contribution in [0.3, 0.4) is 0 Å². The lowest BCUT2D eigenvalue weighted by atomic mass is 9.93. The molecule has 0 spiro atoms. The van der Waals surface area contributed by atoms with Gasteiger partial charge in [-0.25, -0.2) is 0 Å². The first kappa shape index (κ1) is 13.4. The van der Waals surface area contributed by atoms with E-state index in [-0.39, 0.29) is 11.3 Å². The summed E-state index contributed by atoms with van der Waals surface area (Å²) in [5, 5.41) is 0. The maximum atomic E-state index is 11.6. The Morgan fingerprint density at radius 3 is 2.43 bits per heavy atom. The molecule has 0 aliphatic rings. The van der Waals surface area contributed by atoms with E-state index in [1.807, 2.05) is 7.05 Å². The van der Waals surface area contributed by atoms with Gasteiger partial charge in [-0.2, -0.15) is 0 Å². The number of carbonyl (C=O) groups excluding carboxylic acids is 1. The van der Waals surface area contributed by atoms with Crippen LogP contribution >= 0.6 is 0 Å². The second-order valence-electron chi connectivity index (χ2n) is 4.72. The highest BCUT2D eigenvalue weighted by atomic mass is 16.2. The van der Waals surface area contributed by atoms with Crippen molar-refractivity contribution < 1.29 is 4.79 Å². The highest BCUT2D eigenvalue weighted by Gasteiger charge is 2.20. The Bertz CT molecular complexity index is 178. The fourth-order valence-electron chi connectivity index (χ4n) is 1.31. The summed E-state index contributed by atoms with van der Waals surface area (Å²) in [7, 11) is 1.86. The van der Waals surface area contributed by atoms with Crippen molar-refractivity contribution >= 4 is 5.91 Å². The molecular weight excluding hydrogens is 176 g/mol.